The number of pyridine rings is 1. The molecule has 130 valence electrons. The molecule has 2 rings (SSSR count). The maximum atomic E-state index is 13.1. The van der Waals surface area contributed by atoms with Gasteiger partial charge < -0.3 is 4.90 Å². The van der Waals surface area contributed by atoms with Gasteiger partial charge >= 0.3 is 12.3 Å². The van der Waals surface area contributed by atoms with Gasteiger partial charge in [-0.3, -0.25) is 4.90 Å². The van der Waals surface area contributed by atoms with Crippen LogP contribution in [0.5, 0.6) is 0 Å². The number of aromatic nitrogens is 1. The quantitative estimate of drug-likeness (QED) is 0.750. The van der Waals surface area contributed by atoms with Crippen molar-refractivity contribution in [2.45, 2.75) is 17.2 Å². The average Bonchev–Trinajstić information content (AvgIpc) is 2.46. The summed E-state index contributed by atoms with van der Waals surface area (Å²) in [5.74, 6) is -3.79. The van der Waals surface area contributed by atoms with E-state index in [-0.39, 0.29) is 36.9 Å². The average molecular weight is 355 g/mol. The standard InChI is InChI=1S/C13H17F4N3O2S/c1-23(21,22)10-3-2-4-18-11(10)20-7-5-19(6-8-20)9-13(16,17)12(14)15/h2-4,12H,5-9H2,1H3. The van der Waals surface area contributed by atoms with E-state index in [4.69, 9.17) is 0 Å². The molecule has 0 unspecified atom stereocenters. The molecule has 0 amide bonds. The number of sulfone groups is 1. The summed E-state index contributed by atoms with van der Waals surface area (Å²) in [6.45, 7) is -0.290. The van der Waals surface area contributed by atoms with Crippen LogP contribution in [0.15, 0.2) is 23.2 Å². The molecule has 0 atom stereocenters. The maximum absolute atomic E-state index is 13.1. The lowest BCUT2D eigenvalue weighted by Crippen LogP contribution is -2.51. The van der Waals surface area contributed by atoms with Gasteiger partial charge in [-0.2, -0.15) is 8.78 Å². The van der Waals surface area contributed by atoms with Crippen LogP contribution in [0.3, 0.4) is 0 Å². The molecule has 1 aromatic rings. The zero-order valence-electron chi connectivity index (χ0n) is 12.4. The van der Waals surface area contributed by atoms with Crippen molar-refractivity contribution < 1.29 is 26.0 Å². The van der Waals surface area contributed by atoms with Gasteiger partial charge in [0, 0.05) is 38.6 Å². The van der Waals surface area contributed by atoms with Crippen LogP contribution in [-0.2, 0) is 9.84 Å². The van der Waals surface area contributed by atoms with Crippen LogP contribution in [0, 0.1) is 0 Å². The molecule has 10 heteroatoms. The third kappa shape index (κ3) is 4.31. The Hall–Kier alpha value is -1.42. The fourth-order valence-electron chi connectivity index (χ4n) is 2.39. The Balaban J connectivity index is 2.06. The van der Waals surface area contributed by atoms with Crippen molar-refractivity contribution in [1.82, 2.24) is 9.88 Å². The third-order valence-electron chi connectivity index (χ3n) is 3.58. The van der Waals surface area contributed by atoms with E-state index < -0.39 is 28.7 Å². The summed E-state index contributed by atoms with van der Waals surface area (Å²) in [7, 11) is -3.47. The van der Waals surface area contributed by atoms with Gasteiger partial charge in [-0.15, -0.1) is 0 Å². The predicted octanol–water partition coefficient (Wildman–Crippen LogP) is 1.51. The van der Waals surface area contributed by atoms with Gasteiger partial charge in [0.15, 0.2) is 9.84 Å². The van der Waals surface area contributed by atoms with Crippen molar-refractivity contribution in [1.29, 1.82) is 0 Å². The minimum absolute atomic E-state index is 0.0614. The minimum atomic E-state index is -4.05. The summed E-state index contributed by atoms with van der Waals surface area (Å²) in [6, 6.07) is 2.92. The van der Waals surface area contributed by atoms with Crippen LogP contribution in [0.2, 0.25) is 0 Å². The van der Waals surface area contributed by atoms with Crippen LogP contribution in [0.1, 0.15) is 0 Å². The van der Waals surface area contributed by atoms with E-state index >= 15 is 0 Å². The van der Waals surface area contributed by atoms with Crippen molar-refractivity contribution in [3.8, 4) is 0 Å². The molecule has 0 radical (unpaired) electrons. The highest BCUT2D eigenvalue weighted by Gasteiger charge is 2.42. The Morgan fingerprint density at radius 2 is 1.87 bits per heavy atom. The number of piperazine rings is 1. The summed E-state index contributed by atoms with van der Waals surface area (Å²) >= 11 is 0. The molecule has 1 aliphatic rings. The number of alkyl halides is 4. The largest absolute Gasteiger partial charge is 0.353 e. The fraction of sp³-hybridized carbons (Fsp3) is 0.615. The molecule has 1 fully saturated rings. The summed E-state index contributed by atoms with van der Waals surface area (Å²) < 4.78 is 74.1. The van der Waals surface area contributed by atoms with Crippen molar-refractivity contribution in [2.75, 3.05) is 43.9 Å². The summed E-state index contributed by atoms with van der Waals surface area (Å²) in [5, 5.41) is 0. The molecule has 0 bridgehead atoms. The molecule has 0 saturated carbocycles. The van der Waals surface area contributed by atoms with Gasteiger partial charge in [-0.1, -0.05) is 0 Å². The van der Waals surface area contributed by atoms with Gasteiger partial charge in [-0.05, 0) is 12.1 Å². The molecular formula is C13H17F4N3O2S. The summed E-state index contributed by atoms with van der Waals surface area (Å²) in [6.07, 6.45) is -1.19. The van der Waals surface area contributed by atoms with E-state index in [1.165, 1.54) is 23.2 Å². The summed E-state index contributed by atoms with van der Waals surface area (Å²) in [5.41, 5.74) is 0. The summed E-state index contributed by atoms with van der Waals surface area (Å²) in [4.78, 5) is 7.02. The van der Waals surface area contributed by atoms with E-state index in [0.29, 0.717) is 0 Å². The molecule has 0 N–H and O–H groups in total. The fourth-order valence-corrected chi connectivity index (χ4v) is 3.23. The van der Waals surface area contributed by atoms with Crippen molar-refractivity contribution >= 4 is 15.7 Å². The Kier molecular flexibility index (Phi) is 5.14. The smallest absolute Gasteiger partial charge is 0.319 e. The number of hydrogen-bond acceptors (Lipinski definition) is 5. The second kappa shape index (κ2) is 6.60. The first-order valence-electron chi connectivity index (χ1n) is 6.89. The molecule has 1 aliphatic heterocycles. The molecule has 0 aromatic carbocycles. The number of nitrogens with zero attached hydrogens (tertiary/aromatic N) is 3. The monoisotopic (exact) mass is 355 g/mol. The second-order valence-corrected chi connectivity index (χ2v) is 7.41. The molecule has 0 spiro atoms. The van der Waals surface area contributed by atoms with Crippen LogP contribution in [0.25, 0.3) is 0 Å². The van der Waals surface area contributed by atoms with E-state index in [1.807, 2.05) is 0 Å². The number of halogens is 4. The Morgan fingerprint density at radius 1 is 1.26 bits per heavy atom. The Labute approximate surface area is 131 Å². The SMILES string of the molecule is CS(=O)(=O)c1cccnc1N1CCN(CC(F)(F)C(F)F)CC1. The molecule has 2 heterocycles. The first kappa shape index (κ1) is 17.9. The van der Waals surface area contributed by atoms with Crippen molar-refractivity contribution in [2.24, 2.45) is 0 Å². The zero-order valence-corrected chi connectivity index (χ0v) is 13.2. The zero-order chi connectivity index (χ0) is 17.3. The van der Waals surface area contributed by atoms with Crippen LogP contribution >= 0.6 is 0 Å². The van der Waals surface area contributed by atoms with E-state index in [1.54, 1.807) is 4.90 Å². The first-order valence-corrected chi connectivity index (χ1v) is 8.79. The van der Waals surface area contributed by atoms with Gasteiger partial charge in [0.05, 0.1) is 6.54 Å². The lowest BCUT2D eigenvalue weighted by Gasteiger charge is -2.37. The van der Waals surface area contributed by atoms with Crippen LogP contribution < -0.4 is 4.90 Å². The van der Waals surface area contributed by atoms with Crippen molar-refractivity contribution in [3.63, 3.8) is 0 Å². The highest BCUT2D eigenvalue weighted by atomic mass is 32.2. The van der Waals surface area contributed by atoms with E-state index in [0.717, 1.165) is 6.26 Å². The number of rotatable bonds is 5. The minimum Gasteiger partial charge on any atom is -0.353 e. The highest BCUT2D eigenvalue weighted by Crippen LogP contribution is 2.26. The Morgan fingerprint density at radius 3 is 2.39 bits per heavy atom. The van der Waals surface area contributed by atoms with E-state index in [2.05, 4.69) is 4.98 Å². The number of hydrogen-bond donors (Lipinski definition) is 0. The third-order valence-corrected chi connectivity index (χ3v) is 4.69. The highest BCUT2D eigenvalue weighted by molar-refractivity contribution is 7.90. The predicted molar refractivity (Wildman–Crippen MR) is 77.0 cm³/mol. The van der Waals surface area contributed by atoms with Crippen LogP contribution in [-0.4, -0.2) is 69.6 Å². The lowest BCUT2D eigenvalue weighted by atomic mass is 10.2. The van der Waals surface area contributed by atoms with Gasteiger partial charge in [0.25, 0.3) is 0 Å². The molecule has 5 nitrogen and oxygen atoms in total. The lowest BCUT2D eigenvalue weighted by molar-refractivity contribution is -0.142. The normalized spacial score (nSPS) is 17.7. The van der Waals surface area contributed by atoms with Gasteiger partial charge in [0.1, 0.15) is 10.7 Å². The topological polar surface area (TPSA) is 53.5 Å². The Bertz CT molecular complexity index is 646. The molecule has 1 aromatic heterocycles. The molecular weight excluding hydrogens is 338 g/mol. The first-order chi connectivity index (χ1) is 10.6. The van der Waals surface area contributed by atoms with E-state index in [9.17, 15) is 26.0 Å². The molecule has 1 saturated heterocycles. The second-order valence-electron chi connectivity index (χ2n) is 5.42. The van der Waals surface area contributed by atoms with Crippen molar-refractivity contribution in [3.05, 3.63) is 18.3 Å². The van der Waals surface area contributed by atoms with Gasteiger partial charge in [-0.25, -0.2) is 22.2 Å². The molecule has 23 heavy (non-hydrogen) atoms. The van der Waals surface area contributed by atoms with Crippen LogP contribution in [0.4, 0.5) is 23.4 Å². The maximum Gasteiger partial charge on any atom is 0.319 e. The van der Waals surface area contributed by atoms with Gasteiger partial charge in [0.2, 0.25) is 0 Å². The number of anilines is 1. The molecule has 0 aliphatic carbocycles.